The molecule has 0 aliphatic carbocycles. The SMILES string of the molecule is CC/C=C\C/C=C\C/C=C\CCCCCC(=O)OCC(COP(=O)(O)OCC(CO)OC(=O)CCCCCCCCCCCCC)OC(=O)CCCCCCCC/C=C\C/C=C\C/C=C\CCCCC. The maximum absolute atomic E-state index is 12.9. The van der Waals surface area contributed by atoms with Crippen molar-refractivity contribution in [3.63, 3.8) is 0 Å². The Bertz CT molecular complexity index is 1450. The van der Waals surface area contributed by atoms with Gasteiger partial charge in [0.05, 0.1) is 19.8 Å². The Labute approximate surface area is 427 Å². The molecule has 0 aromatic carbocycles. The first-order valence-electron chi connectivity index (χ1n) is 27.8. The Morgan fingerprint density at radius 1 is 0.414 bits per heavy atom. The molecule has 12 heteroatoms. The molecular weight excluding hydrogens is 904 g/mol. The number of hydrogen-bond donors (Lipinski definition) is 2. The third-order valence-electron chi connectivity index (χ3n) is 11.6. The van der Waals surface area contributed by atoms with Crippen LogP contribution < -0.4 is 0 Å². The van der Waals surface area contributed by atoms with Crippen LogP contribution in [0.25, 0.3) is 0 Å². The van der Waals surface area contributed by atoms with Crippen LogP contribution in [0, 0.1) is 0 Å². The molecule has 0 rings (SSSR count). The van der Waals surface area contributed by atoms with Crippen molar-refractivity contribution in [2.45, 2.75) is 251 Å². The van der Waals surface area contributed by atoms with E-state index >= 15 is 0 Å². The van der Waals surface area contributed by atoms with Crippen molar-refractivity contribution in [1.82, 2.24) is 0 Å². The number of rotatable bonds is 51. The van der Waals surface area contributed by atoms with Crippen molar-refractivity contribution < 1.29 is 52.2 Å². The lowest BCUT2D eigenvalue weighted by atomic mass is 10.1. The molecule has 404 valence electrons. The normalized spacial score (nSPS) is 14.0. The van der Waals surface area contributed by atoms with Crippen molar-refractivity contribution in [2.24, 2.45) is 0 Å². The predicted octanol–water partition coefficient (Wildman–Crippen LogP) is 16.1. The number of esters is 3. The van der Waals surface area contributed by atoms with Gasteiger partial charge < -0.3 is 24.2 Å². The summed E-state index contributed by atoms with van der Waals surface area (Å²) in [7, 11) is -4.75. The van der Waals surface area contributed by atoms with Crippen LogP contribution >= 0.6 is 7.82 Å². The maximum Gasteiger partial charge on any atom is 0.472 e. The van der Waals surface area contributed by atoms with E-state index in [9.17, 15) is 28.9 Å². The Morgan fingerprint density at radius 2 is 0.743 bits per heavy atom. The zero-order chi connectivity index (χ0) is 51.3. The lowest BCUT2D eigenvalue weighted by Crippen LogP contribution is -2.30. The largest absolute Gasteiger partial charge is 0.472 e. The molecule has 0 saturated carbocycles. The number of carbonyl (C=O) groups is 3. The first kappa shape index (κ1) is 66.9. The van der Waals surface area contributed by atoms with E-state index in [0.29, 0.717) is 19.3 Å². The molecule has 3 unspecified atom stereocenters. The van der Waals surface area contributed by atoms with Gasteiger partial charge in [-0.1, -0.05) is 203 Å². The Hall–Kier alpha value is -3.08. The average Bonchev–Trinajstić information content (AvgIpc) is 3.35. The van der Waals surface area contributed by atoms with Gasteiger partial charge in [-0.2, -0.15) is 0 Å². The quantitative estimate of drug-likeness (QED) is 0.0197. The van der Waals surface area contributed by atoms with Gasteiger partial charge in [0.1, 0.15) is 12.7 Å². The standard InChI is InChI=1S/C58H101O11P/c1-4-7-10-13-16-19-22-24-25-26-27-28-29-31-34-37-40-43-46-49-58(62)69-55(51-65-56(60)47-44-41-38-35-33-30-23-20-17-14-11-8-5-2)53-67-70(63,64)66-52-54(50-59)68-57(61)48-45-42-39-36-32-21-18-15-12-9-6-3/h8,11,16-17,19-20,24-25,27-28,30,33,54-55,59H,4-7,9-10,12-15,18,21-23,26,29,31-32,34-53H2,1-3H3,(H,63,64)/b11-8-,19-16-,20-17-,25-24-,28-27-,33-30-. The van der Waals surface area contributed by atoms with Crippen molar-refractivity contribution >= 4 is 25.7 Å². The smallest absolute Gasteiger partial charge is 0.462 e. The lowest BCUT2D eigenvalue weighted by Gasteiger charge is -2.21. The molecule has 0 radical (unpaired) electrons. The van der Waals surface area contributed by atoms with Crippen LogP contribution in [-0.2, 0) is 42.2 Å². The molecule has 0 aliphatic heterocycles. The second-order valence-electron chi connectivity index (χ2n) is 18.4. The number of allylic oxidation sites excluding steroid dienone is 12. The molecule has 0 saturated heterocycles. The van der Waals surface area contributed by atoms with Gasteiger partial charge in [0.25, 0.3) is 0 Å². The summed E-state index contributed by atoms with van der Waals surface area (Å²) < 4.78 is 39.4. The number of phosphoric acid groups is 1. The van der Waals surface area contributed by atoms with E-state index in [1.165, 1.54) is 70.6 Å². The summed E-state index contributed by atoms with van der Waals surface area (Å²) in [6, 6.07) is 0. The average molecular weight is 1010 g/mol. The summed E-state index contributed by atoms with van der Waals surface area (Å²) in [5.41, 5.74) is 0. The second kappa shape index (κ2) is 52.2. The van der Waals surface area contributed by atoms with E-state index in [4.69, 9.17) is 23.3 Å². The number of aliphatic hydroxyl groups is 1. The fourth-order valence-electron chi connectivity index (χ4n) is 7.38. The number of aliphatic hydroxyl groups excluding tert-OH is 1. The first-order valence-corrected chi connectivity index (χ1v) is 29.3. The number of ether oxygens (including phenoxy) is 3. The van der Waals surface area contributed by atoms with Crippen LogP contribution in [0.1, 0.15) is 239 Å². The molecule has 2 N–H and O–H groups in total. The summed E-state index contributed by atoms with van der Waals surface area (Å²) in [5, 5.41) is 9.78. The van der Waals surface area contributed by atoms with E-state index in [-0.39, 0.29) is 25.9 Å². The zero-order valence-corrected chi connectivity index (χ0v) is 45.4. The highest BCUT2D eigenvalue weighted by atomic mass is 31.2. The third-order valence-corrected chi connectivity index (χ3v) is 12.6. The number of unbranched alkanes of at least 4 members (excludes halogenated alkanes) is 22. The fraction of sp³-hybridized carbons (Fsp3) is 0.741. The molecule has 3 atom stereocenters. The topological polar surface area (TPSA) is 155 Å². The Balaban J connectivity index is 4.78. The molecular formula is C58H101O11P. The maximum atomic E-state index is 12.9. The highest BCUT2D eigenvalue weighted by molar-refractivity contribution is 7.47. The molecule has 0 aromatic rings. The van der Waals surface area contributed by atoms with E-state index in [1.807, 2.05) is 0 Å². The third kappa shape index (κ3) is 49.9. The summed E-state index contributed by atoms with van der Waals surface area (Å²) in [5.74, 6) is -1.51. The van der Waals surface area contributed by atoms with Crippen LogP contribution in [0.4, 0.5) is 0 Å². The van der Waals surface area contributed by atoms with Crippen LogP contribution in [0.15, 0.2) is 72.9 Å². The zero-order valence-electron chi connectivity index (χ0n) is 44.5. The molecule has 0 aliphatic rings. The fourth-order valence-corrected chi connectivity index (χ4v) is 8.16. The van der Waals surface area contributed by atoms with Gasteiger partial charge in [0, 0.05) is 19.3 Å². The second-order valence-corrected chi connectivity index (χ2v) is 19.8. The van der Waals surface area contributed by atoms with E-state index < -0.39 is 57.8 Å². The number of phosphoric ester groups is 1. The molecule has 0 amide bonds. The van der Waals surface area contributed by atoms with Gasteiger partial charge in [-0.05, 0) is 89.9 Å². The molecule has 0 heterocycles. The van der Waals surface area contributed by atoms with E-state index in [0.717, 1.165) is 109 Å². The van der Waals surface area contributed by atoms with Crippen molar-refractivity contribution in [2.75, 3.05) is 26.4 Å². The van der Waals surface area contributed by atoms with Gasteiger partial charge in [-0.15, -0.1) is 0 Å². The minimum atomic E-state index is -4.75. The van der Waals surface area contributed by atoms with Crippen LogP contribution in [0.3, 0.4) is 0 Å². The lowest BCUT2D eigenvalue weighted by molar-refractivity contribution is -0.161. The molecule has 70 heavy (non-hydrogen) atoms. The molecule has 0 spiro atoms. The van der Waals surface area contributed by atoms with Crippen molar-refractivity contribution in [3.05, 3.63) is 72.9 Å². The Kier molecular flexibility index (Phi) is 50.0. The minimum Gasteiger partial charge on any atom is -0.462 e. The van der Waals surface area contributed by atoms with Gasteiger partial charge in [0.2, 0.25) is 0 Å². The summed E-state index contributed by atoms with van der Waals surface area (Å²) in [4.78, 5) is 48.4. The van der Waals surface area contributed by atoms with E-state index in [1.54, 1.807) is 0 Å². The van der Waals surface area contributed by atoms with Crippen LogP contribution in [0.2, 0.25) is 0 Å². The summed E-state index contributed by atoms with van der Waals surface area (Å²) in [6.45, 7) is 4.44. The Morgan fingerprint density at radius 3 is 1.19 bits per heavy atom. The van der Waals surface area contributed by atoms with Crippen molar-refractivity contribution in [1.29, 1.82) is 0 Å². The molecule has 0 fully saturated rings. The highest BCUT2D eigenvalue weighted by Gasteiger charge is 2.28. The molecule has 0 aromatic heterocycles. The van der Waals surface area contributed by atoms with Gasteiger partial charge in [-0.3, -0.25) is 23.4 Å². The van der Waals surface area contributed by atoms with Gasteiger partial charge in [0.15, 0.2) is 6.10 Å². The number of carbonyl (C=O) groups excluding carboxylic acids is 3. The van der Waals surface area contributed by atoms with Crippen LogP contribution in [0.5, 0.6) is 0 Å². The minimum absolute atomic E-state index is 0.145. The summed E-state index contributed by atoms with van der Waals surface area (Å²) >= 11 is 0. The van der Waals surface area contributed by atoms with Crippen LogP contribution in [-0.4, -0.2) is 66.5 Å². The first-order chi connectivity index (χ1) is 34.2. The van der Waals surface area contributed by atoms with E-state index in [2.05, 4.69) is 93.7 Å². The predicted molar refractivity (Wildman–Crippen MR) is 288 cm³/mol. The van der Waals surface area contributed by atoms with Crippen molar-refractivity contribution in [3.8, 4) is 0 Å². The number of hydrogen-bond acceptors (Lipinski definition) is 10. The highest BCUT2D eigenvalue weighted by Crippen LogP contribution is 2.43. The summed E-state index contributed by atoms with van der Waals surface area (Å²) in [6.07, 6.45) is 57.2. The molecule has 0 bridgehead atoms. The van der Waals surface area contributed by atoms with Gasteiger partial charge >= 0.3 is 25.7 Å². The monoisotopic (exact) mass is 1000 g/mol. The molecule has 11 nitrogen and oxygen atoms in total. The van der Waals surface area contributed by atoms with Gasteiger partial charge in [-0.25, -0.2) is 4.57 Å².